The zero-order chi connectivity index (χ0) is 31.1. The summed E-state index contributed by atoms with van der Waals surface area (Å²) in [6, 6.07) is 10.2. The minimum Gasteiger partial charge on any atom is -0.490 e. The zero-order valence-corrected chi connectivity index (χ0v) is 26.6. The first-order valence-electron chi connectivity index (χ1n) is 14.8. The van der Waals surface area contributed by atoms with Crippen molar-refractivity contribution in [3.05, 3.63) is 47.5 Å². The molecule has 4 atom stereocenters. The molecular formula is C31H45N3O8S. The number of fused-ring (bicyclic) bond motifs is 2. The van der Waals surface area contributed by atoms with Crippen LogP contribution in [0.15, 0.2) is 36.4 Å². The Morgan fingerprint density at radius 2 is 1.84 bits per heavy atom. The maximum Gasteiger partial charge on any atom is 0.258 e. The molecule has 2 aliphatic rings. The smallest absolute Gasteiger partial charge is 0.258 e. The number of aliphatic hydroxyl groups excluding tert-OH is 1. The Hall–Kier alpha value is -3.06. The van der Waals surface area contributed by atoms with Crippen molar-refractivity contribution in [2.24, 2.45) is 5.92 Å². The Morgan fingerprint density at radius 1 is 1.09 bits per heavy atom. The van der Waals surface area contributed by atoms with Gasteiger partial charge in [0, 0.05) is 37.8 Å². The van der Waals surface area contributed by atoms with Crippen LogP contribution in [-0.4, -0.2) is 93.9 Å². The number of anilines is 1. The highest BCUT2D eigenvalue weighted by Crippen LogP contribution is 2.33. The number of nitrogens with one attached hydrogen (secondary N) is 1. The molecular weight excluding hydrogens is 574 g/mol. The van der Waals surface area contributed by atoms with Crippen molar-refractivity contribution >= 4 is 21.6 Å². The van der Waals surface area contributed by atoms with Crippen LogP contribution < -0.4 is 18.9 Å². The molecule has 4 rings (SSSR count). The predicted molar refractivity (Wildman–Crippen MR) is 164 cm³/mol. The van der Waals surface area contributed by atoms with Gasteiger partial charge in [-0.05, 0) is 76.1 Å². The lowest BCUT2D eigenvalue weighted by molar-refractivity contribution is -0.0177. The maximum absolute atomic E-state index is 14.1. The van der Waals surface area contributed by atoms with Crippen LogP contribution in [0.2, 0.25) is 0 Å². The lowest BCUT2D eigenvalue weighted by atomic mass is 10.0. The predicted octanol–water partition coefficient (Wildman–Crippen LogP) is 3.71. The average molecular weight is 620 g/mol. The van der Waals surface area contributed by atoms with Gasteiger partial charge in [0.15, 0.2) is 11.5 Å². The summed E-state index contributed by atoms with van der Waals surface area (Å²) in [4.78, 5) is 17.9. The van der Waals surface area contributed by atoms with Gasteiger partial charge in [0.25, 0.3) is 5.91 Å². The summed E-state index contributed by atoms with van der Waals surface area (Å²) in [7, 11) is -1.52. The van der Waals surface area contributed by atoms with E-state index < -0.39 is 16.1 Å². The summed E-state index contributed by atoms with van der Waals surface area (Å²) in [5.74, 6) is 1.44. The number of hydrogen-bond donors (Lipinski definition) is 2. The minimum atomic E-state index is -3.56. The van der Waals surface area contributed by atoms with E-state index in [1.807, 2.05) is 32.2 Å². The summed E-state index contributed by atoms with van der Waals surface area (Å²) in [6.07, 6.45) is 3.22. The molecule has 0 fully saturated rings. The number of rotatable bonds is 8. The molecule has 12 heteroatoms. The van der Waals surface area contributed by atoms with Gasteiger partial charge in [-0.2, -0.15) is 0 Å². The molecule has 2 aromatic carbocycles. The van der Waals surface area contributed by atoms with E-state index in [-0.39, 0.29) is 48.7 Å². The maximum atomic E-state index is 14.1. The molecule has 238 valence electrons. The van der Waals surface area contributed by atoms with E-state index in [1.54, 1.807) is 24.0 Å². The first kappa shape index (κ1) is 32.8. The van der Waals surface area contributed by atoms with Crippen molar-refractivity contribution in [3.63, 3.8) is 0 Å². The zero-order valence-electron chi connectivity index (χ0n) is 25.7. The summed E-state index contributed by atoms with van der Waals surface area (Å²) < 4.78 is 49.9. The molecule has 0 aliphatic carbocycles. The third kappa shape index (κ3) is 9.21. The number of benzene rings is 2. The third-order valence-electron chi connectivity index (χ3n) is 7.74. The molecule has 0 saturated heterocycles. The second-order valence-corrected chi connectivity index (χ2v) is 13.5. The molecule has 0 radical (unpaired) electrons. The van der Waals surface area contributed by atoms with E-state index in [9.17, 15) is 18.3 Å². The van der Waals surface area contributed by atoms with E-state index in [2.05, 4.69) is 16.5 Å². The lowest BCUT2D eigenvalue weighted by Crippen LogP contribution is -2.47. The van der Waals surface area contributed by atoms with Crippen molar-refractivity contribution in [2.75, 3.05) is 51.1 Å². The van der Waals surface area contributed by atoms with Crippen LogP contribution in [0.5, 0.6) is 17.2 Å². The Morgan fingerprint density at radius 3 is 2.58 bits per heavy atom. The molecule has 0 bridgehead atoms. The third-order valence-corrected chi connectivity index (χ3v) is 8.34. The molecule has 2 aromatic rings. The van der Waals surface area contributed by atoms with Gasteiger partial charge in [0.1, 0.15) is 5.75 Å². The standard InChI is InChI=1S/C31H45N3O8S/c1-21-16-34(22(2)19-35)31(36)26-15-25(32-43(5,37)38)10-12-27(26)42-23(3)8-6-7-13-39-30(21)18-33(4)17-24-9-11-28-29(14-24)41-20-40-28/h9-12,14-15,21-23,30,32,35H,6-8,13,16-20H2,1-5H3/t21-,22+,23+,30+/m0/s1. The van der Waals surface area contributed by atoms with Gasteiger partial charge in [0.2, 0.25) is 16.8 Å². The van der Waals surface area contributed by atoms with Crippen molar-refractivity contribution < 1.29 is 37.3 Å². The fourth-order valence-electron chi connectivity index (χ4n) is 5.39. The van der Waals surface area contributed by atoms with Crippen LogP contribution in [0.4, 0.5) is 5.69 Å². The number of likely N-dealkylation sites (N-methyl/N-ethyl adjacent to an activating group) is 1. The molecule has 11 nitrogen and oxygen atoms in total. The van der Waals surface area contributed by atoms with E-state index in [0.29, 0.717) is 32.0 Å². The monoisotopic (exact) mass is 619 g/mol. The number of carbonyl (C=O) groups excluding carboxylic acids is 1. The molecule has 2 heterocycles. The average Bonchev–Trinajstić information content (AvgIpc) is 3.41. The van der Waals surface area contributed by atoms with E-state index in [0.717, 1.165) is 42.6 Å². The van der Waals surface area contributed by atoms with Crippen LogP contribution in [0.1, 0.15) is 56.0 Å². The number of sulfonamides is 1. The molecule has 43 heavy (non-hydrogen) atoms. The highest BCUT2D eigenvalue weighted by Gasteiger charge is 2.30. The SMILES string of the molecule is C[C@@H]1CCCCO[C@H](CN(C)Cc2ccc3c(c2)OCO3)[C@@H](C)CN([C@H](C)CO)C(=O)c2cc(NS(C)(=O)=O)ccc2O1. The molecule has 0 unspecified atom stereocenters. The molecule has 2 N–H and O–H groups in total. The topological polar surface area (TPSA) is 127 Å². The van der Waals surface area contributed by atoms with Crippen LogP contribution in [0.3, 0.4) is 0 Å². The fraction of sp³-hybridized carbons (Fsp3) is 0.581. The van der Waals surface area contributed by atoms with E-state index in [4.69, 9.17) is 18.9 Å². The fourth-order valence-corrected chi connectivity index (χ4v) is 5.94. The number of ether oxygens (including phenoxy) is 4. The van der Waals surface area contributed by atoms with Crippen LogP contribution in [0.25, 0.3) is 0 Å². The van der Waals surface area contributed by atoms with Crippen molar-refractivity contribution in [1.29, 1.82) is 0 Å². The quantitative estimate of drug-likeness (QED) is 0.455. The van der Waals surface area contributed by atoms with Gasteiger partial charge in [0.05, 0.1) is 36.7 Å². The second kappa shape index (κ2) is 14.6. The van der Waals surface area contributed by atoms with Gasteiger partial charge < -0.3 is 29.0 Å². The van der Waals surface area contributed by atoms with Crippen molar-refractivity contribution in [3.8, 4) is 17.2 Å². The minimum absolute atomic E-state index is 0.0827. The van der Waals surface area contributed by atoms with Gasteiger partial charge in [-0.3, -0.25) is 14.4 Å². The summed E-state index contributed by atoms with van der Waals surface area (Å²) in [6.45, 7) is 8.00. The van der Waals surface area contributed by atoms with Gasteiger partial charge in [-0.15, -0.1) is 0 Å². The van der Waals surface area contributed by atoms with Gasteiger partial charge in [-0.1, -0.05) is 13.0 Å². The molecule has 0 spiro atoms. The summed E-state index contributed by atoms with van der Waals surface area (Å²) >= 11 is 0. The van der Waals surface area contributed by atoms with Crippen molar-refractivity contribution in [2.45, 2.75) is 64.8 Å². The number of amides is 1. The van der Waals surface area contributed by atoms with Crippen molar-refractivity contribution in [1.82, 2.24) is 9.80 Å². The molecule has 0 aromatic heterocycles. The van der Waals surface area contributed by atoms with E-state index >= 15 is 0 Å². The van der Waals surface area contributed by atoms with E-state index in [1.165, 1.54) is 6.07 Å². The number of carbonyl (C=O) groups is 1. The first-order valence-corrected chi connectivity index (χ1v) is 16.7. The van der Waals surface area contributed by atoms with Gasteiger partial charge in [-0.25, -0.2) is 8.42 Å². The Bertz CT molecular complexity index is 1350. The Labute approximate surface area is 255 Å². The number of nitrogens with zero attached hydrogens (tertiary/aromatic N) is 2. The number of hydrogen-bond acceptors (Lipinski definition) is 9. The van der Waals surface area contributed by atoms with Gasteiger partial charge >= 0.3 is 0 Å². The van der Waals surface area contributed by atoms with Crippen LogP contribution in [0, 0.1) is 5.92 Å². The highest BCUT2D eigenvalue weighted by atomic mass is 32.2. The molecule has 0 saturated carbocycles. The normalized spacial score (nSPS) is 22.4. The number of aliphatic hydroxyl groups is 1. The van der Waals surface area contributed by atoms with Crippen LogP contribution >= 0.6 is 0 Å². The largest absolute Gasteiger partial charge is 0.490 e. The molecule has 1 amide bonds. The highest BCUT2D eigenvalue weighted by molar-refractivity contribution is 7.92. The van der Waals surface area contributed by atoms with Crippen LogP contribution in [-0.2, 0) is 21.3 Å². The second-order valence-electron chi connectivity index (χ2n) is 11.8. The lowest BCUT2D eigenvalue weighted by Gasteiger charge is -2.36. The molecule has 2 aliphatic heterocycles. The first-order chi connectivity index (χ1) is 20.4. The Kier molecular flexibility index (Phi) is 11.2. The Balaban J connectivity index is 1.59. The summed E-state index contributed by atoms with van der Waals surface area (Å²) in [5, 5.41) is 10.1. The summed E-state index contributed by atoms with van der Waals surface area (Å²) in [5.41, 5.74) is 1.60.